The van der Waals surface area contributed by atoms with Crippen molar-refractivity contribution < 1.29 is 22.7 Å². The minimum absolute atomic E-state index is 0.0255. The van der Waals surface area contributed by atoms with Crippen LogP contribution in [0.4, 0.5) is 0 Å². The van der Waals surface area contributed by atoms with Gasteiger partial charge in [-0.2, -0.15) is 0 Å². The van der Waals surface area contributed by atoms with Crippen molar-refractivity contribution in [2.24, 2.45) is 0 Å². The third kappa shape index (κ3) is 4.61. The number of amides is 1. The van der Waals surface area contributed by atoms with Gasteiger partial charge in [0.1, 0.15) is 0 Å². The summed E-state index contributed by atoms with van der Waals surface area (Å²) < 4.78 is 38.8. The molecule has 0 saturated carbocycles. The molecule has 174 valence electrons. The van der Waals surface area contributed by atoms with Gasteiger partial charge in [-0.25, -0.2) is 13.1 Å². The molecule has 0 unspecified atom stereocenters. The number of hydrogen-bond acceptors (Lipinski definition) is 5. The first-order chi connectivity index (χ1) is 16.5. The number of H-pyrrole nitrogens is 1. The van der Waals surface area contributed by atoms with Crippen molar-refractivity contribution >= 4 is 26.8 Å². The van der Waals surface area contributed by atoms with E-state index >= 15 is 0 Å². The Morgan fingerprint density at radius 2 is 1.82 bits per heavy atom. The first-order valence-corrected chi connectivity index (χ1v) is 12.3. The second-order valence-corrected chi connectivity index (χ2v) is 9.67. The highest BCUT2D eigenvalue weighted by Crippen LogP contribution is 2.32. The first kappa shape index (κ1) is 22.0. The van der Waals surface area contributed by atoms with Gasteiger partial charge in [0, 0.05) is 35.8 Å². The van der Waals surface area contributed by atoms with E-state index in [1.165, 1.54) is 12.1 Å². The molecular formula is C25H23N3O5S. The Hall–Kier alpha value is -3.82. The number of rotatable bonds is 8. The SMILES string of the molecule is O=C(NCCc1c[nH]c2ccccc12)c1cccc(S(=O)(=O)NCc2ccc3c(c2)OCO3)c1. The summed E-state index contributed by atoms with van der Waals surface area (Å²) in [6, 6.07) is 19.2. The van der Waals surface area contributed by atoms with E-state index in [-0.39, 0.29) is 29.7 Å². The molecule has 0 aliphatic carbocycles. The van der Waals surface area contributed by atoms with Crippen LogP contribution in [-0.4, -0.2) is 32.6 Å². The molecule has 5 rings (SSSR count). The summed E-state index contributed by atoms with van der Waals surface area (Å²) in [6.07, 6.45) is 2.60. The molecule has 3 aromatic carbocycles. The third-order valence-corrected chi connectivity index (χ3v) is 7.06. The molecule has 0 fully saturated rings. The molecule has 0 radical (unpaired) electrons. The van der Waals surface area contributed by atoms with Crippen LogP contribution in [0.25, 0.3) is 10.9 Å². The van der Waals surface area contributed by atoms with Crippen molar-refractivity contribution in [3.05, 3.63) is 89.6 Å². The fourth-order valence-corrected chi connectivity index (χ4v) is 4.93. The van der Waals surface area contributed by atoms with Gasteiger partial charge in [0.2, 0.25) is 16.8 Å². The van der Waals surface area contributed by atoms with E-state index in [4.69, 9.17) is 9.47 Å². The lowest BCUT2D eigenvalue weighted by atomic mass is 10.1. The maximum Gasteiger partial charge on any atom is 0.251 e. The minimum atomic E-state index is -3.82. The average molecular weight is 478 g/mol. The molecule has 4 aromatic rings. The zero-order valence-electron chi connectivity index (χ0n) is 18.2. The number of carbonyl (C=O) groups is 1. The number of sulfonamides is 1. The fourth-order valence-electron chi connectivity index (χ4n) is 3.87. The zero-order chi connectivity index (χ0) is 23.5. The number of aromatic amines is 1. The highest BCUT2D eigenvalue weighted by atomic mass is 32.2. The number of fused-ring (bicyclic) bond motifs is 2. The Morgan fingerprint density at radius 1 is 0.971 bits per heavy atom. The van der Waals surface area contributed by atoms with Gasteiger partial charge in [0.05, 0.1) is 4.90 Å². The van der Waals surface area contributed by atoms with Gasteiger partial charge in [-0.1, -0.05) is 30.3 Å². The normalized spacial score (nSPS) is 12.7. The van der Waals surface area contributed by atoms with E-state index in [0.29, 0.717) is 24.5 Å². The van der Waals surface area contributed by atoms with Crippen LogP contribution in [0.5, 0.6) is 11.5 Å². The topological polar surface area (TPSA) is 110 Å². The molecule has 1 aromatic heterocycles. The highest BCUT2D eigenvalue weighted by molar-refractivity contribution is 7.89. The van der Waals surface area contributed by atoms with Crippen LogP contribution in [-0.2, 0) is 23.0 Å². The number of nitrogens with one attached hydrogen (secondary N) is 3. The second kappa shape index (κ2) is 9.20. The summed E-state index contributed by atoms with van der Waals surface area (Å²) in [5.74, 6) is 0.894. The predicted octanol–water partition coefficient (Wildman–Crippen LogP) is 3.35. The molecule has 0 atom stereocenters. The Morgan fingerprint density at radius 3 is 2.74 bits per heavy atom. The third-order valence-electron chi connectivity index (χ3n) is 5.66. The molecular weight excluding hydrogens is 454 g/mol. The molecule has 1 aliphatic heterocycles. The van der Waals surface area contributed by atoms with Crippen LogP contribution >= 0.6 is 0 Å². The van der Waals surface area contributed by atoms with Crippen LogP contribution in [0.1, 0.15) is 21.5 Å². The van der Waals surface area contributed by atoms with Crippen molar-refractivity contribution in [1.82, 2.24) is 15.0 Å². The largest absolute Gasteiger partial charge is 0.454 e. The number of carbonyl (C=O) groups excluding carboxylic acids is 1. The quantitative estimate of drug-likeness (QED) is 0.361. The van der Waals surface area contributed by atoms with Gasteiger partial charge in [0.15, 0.2) is 11.5 Å². The van der Waals surface area contributed by atoms with Crippen molar-refractivity contribution in [1.29, 1.82) is 0 Å². The Bertz CT molecular complexity index is 1460. The van der Waals surface area contributed by atoms with Crippen LogP contribution in [0.2, 0.25) is 0 Å². The molecule has 0 spiro atoms. The predicted molar refractivity (Wildman–Crippen MR) is 127 cm³/mol. The Balaban J connectivity index is 1.21. The van der Waals surface area contributed by atoms with Gasteiger partial charge in [-0.3, -0.25) is 4.79 Å². The van der Waals surface area contributed by atoms with E-state index in [1.807, 2.05) is 30.5 Å². The van der Waals surface area contributed by atoms with E-state index in [2.05, 4.69) is 15.0 Å². The summed E-state index contributed by atoms with van der Waals surface area (Å²) in [5, 5.41) is 3.99. The second-order valence-electron chi connectivity index (χ2n) is 7.91. The molecule has 0 saturated heterocycles. The van der Waals surface area contributed by atoms with Gasteiger partial charge >= 0.3 is 0 Å². The van der Waals surface area contributed by atoms with E-state index < -0.39 is 10.0 Å². The molecule has 8 nitrogen and oxygen atoms in total. The van der Waals surface area contributed by atoms with Gasteiger partial charge < -0.3 is 19.8 Å². The monoisotopic (exact) mass is 477 g/mol. The first-order valence-electron chi connectivity index (χ1n) is 10.8. The molecule has 1 aliphatic rings. The van der Waals surface area contributed by atoms with Gasteiger partial charge in [-0.15, -0.1) is 0 Å². The summed E-state index contributed by atoms with van der Waals surface area (Å²) in [4.78, 5) is 15.9. The van der Waals surface area contributed by atoms with Crippen molar-refractivity contribution in [2.45, 2.75) is 17.9 Å². The summed E-state index contributed by atoms with van der Waals surface area (Å²) in [5.41, 5.74) is 3.18. The lowest BCUT2D eigenvalue weighted by Crippen LogP contribution is -2.27. The van der Waals surface area contributed by atoms with Gasteiger partial charge in [-0.05, 0) is 53.9 Å². The van der Waals surface area contributed by atoms with Crippen LogP contribution in [0.3, 0.4) is 0 Å². The van der Waals surface area contributed by atoms with Crippen molar-refractivity contribution in [2.75, 3.05) is 13.3 Å². The maximum atomic E-state index is 12.8. The molecule has 2 heterocycles. The Labute approximate surface area is 197 Å². The van der Waals surface area contributed by atoms with Crippen LogP contribution in [0, 0.1) is 0 Å². The number of benzene rings is 3. The number of aromatic nitrogens is 1. The lowest BCUT2D eigenvalue weighted by Gasteiger charge is -2.10. The molecule has 9 heteroatoms. The number of para-hydroxylation sites is 1. The van der Waals surface area contributed by atoms with Gasteiger partial charge in [0.25, 0.3) is 5.91 Å². The molecule has 3 N–H and O–H groups in total. The molecule has 0 bridgehead atoms. The van der Waals surface area contributed by atoms with Crippen LogP contribution in [0.15, 0.2) is 77.8 Å². The van der Waals surface area contributed by atoms with Crippen LogP contribution < -0.4 is 19.5 Å². The summed E-state index contributed by atoms with van der Waals surface area (Å²) in [6.45, 7) is 0.668. The van der Waals surface area contributed by atoms with E-state index in [0.717, 1.165) is 22.0 Å². The van der Waals surface area contributed by atoms with Crippen molar-refractivity contribution in [3.63, 3.8) is 0 Å². The molecule has 34 heavy (non-hydrogen) atoms. The number of hydrogen-bond donors (Lipinski definition) is 3. The summed E-state index contributed by atoms with van der Waals surface area (Å²) >= 11 is 0. The maximum absolute atomic E-state index is 12.8. The smallest absolute Gasteiger partial charge is 0.251 e. The lowest BCUT2D eigenvalue weighted by molar-refractivity contribution is 0.0954. The summed E-state index contributed by atoms with van der Waals surface area (Å²) in [7, 11) is -3.82. The molecule has 1 amide bonds. The zero-order valence-corrected chi connectivity index (χ0v) is 19.0. The highest BCUT2D eigenvalue weighted by Gasteiger charge is 2.18. The van der Waals surface area contributed by atoms with E-state index in [9.17, 15) is 13.2 Å². The average Bonchev–Trinajstić information content (AvgIpc) is 3.49. The Kier molecular flexibility index (Phi) is 5.95. The standard InChI is InChI=1S/C25H23N3O5S/c29-25(26-11-10-19-15-27-22-7-2-1-6-21(19)22)18-4-3-5-20(13-18)34(30,31)28-14-17-8-9-23-24(12-17)33-16-32-23/h1-9,12-13,15,27-28H,10-11,14,16H2,(H,26,29). The van der Waals surface area contributed by atoms with Crippen molar-refractivity contribution in [3.8, 4) is 11.5 Å². The number of ether oxygens (including phenoxy) is 2. The fraction of sp³-hybridized carbons (Fsp3) is 0.160. The minimum Gasteiger partial charge on any atom is -0.454 e. The van der Waals surface area contributed by atoms with E-state index in [1.54, 1.807) is 30.3 Å².